The van der Waals surface area contributed by atoms with Gasteiger partial charge in [-0.1, -0.05) is 11.6 Å². The number of benzene rings is 1. The summed E-state index contributed by atoms with van der Waals surface area (Å²) < 4.78 is 0. The summed E-state index contributed by atoms with van der Waals surface area (Å²) in [5.74, 6) is 1.05. The Kier molecular flexibility index (Phi) is 4.80. The summed E-state index contributed by atoms with van der Waals surface area (Å²) in [6.07, 6.45) is 2.07. The topological polar surface area (TPSA) is 27.0 Å². The third-order valence-corrected chi connectivity index (χ3v) is 2.95. The van der Waals surface area contributed by atoms with Gasteiger partial charge in [0.2, 0.25) is 0 Å². The van der Waals surface area contributed by atoms with Crippen molar-refractivity contribution in [2.24, 2.45) is 0 Å². The number of halogens is 1. The van der Waals surface area contributed by atoms with Gasteiger partial charge in [-0.3, -0.25) is 0 Å². The van der Waals surface area contributed by atoms with Gasteiger partial charge >= 0.3 is 0 Å². The molecule has 0 saturated heterocycles. The summed E-state index contributed by atoms with van der Waals surface area (Å²) in [5, 5.41) is 9.58. The minimum Gasteiger partial charge on any atom is -0.373 e. The first kappa shape index (κ1) is 12.2. The number of anilines is 1. The van der Waals surface area contributed by atoms with Gasteiger partial charge in [0.1, 0.15) is 6.07 Å². The summed E-state index contributed by atoms with van der Waals surface area (Å²) in [5.41, 5.74) is 1.57. The van der Waals surface area contributed by atoms with Crippen molar-refractivity contribution in [3.63, 3.8) is 0 Å². The molecule has 1 rings (SSSR count). The van der Waals surface area contributed by atoms with Crippen molar-refractivity contribution in [2.75, 3.05) is 30.5 Å². The van der Waals surface area contributed by atoms with Crippen LogP contribution in [0.25, 0.3) is 0 Å². The summed E-state index contributed by atoms with van der Waals surface area (Å²) in [6.45, 7) is 0.928. The third kappa shape index (κ3) is 3.33. The third-order valence-electron chi connectivity index (χ3n) is 2.12. The van der Waals surface area contributed by atoms with Crippen LogP contribution in [-0.2, 0) is 0 Å². The average molecular weight is 241 g/mol. The second-order valence-corrected chi connectivity index (χ2v) is 4.61. The fourth-order valence-electron chi connectivity index (χ4n) is 1.28. The van der Waals surface area contributed by atoms with E-state index in [9.17, 15) is 0 Å². The number of rotatable bonds is 4. The van der Waals surface area contributed by atoms with Crippen molar-refractivity contribution in [3.05, 3.63) is 28.8 Å². The van der Waals surface area contributed by atoms with Crippen LogP contribution in [-0.4, -0.2) is 25.6 Å². The molecule has 15 heavy (non-hydrogen) atoms. The van der Waals surface area contributed by atoms with Crippen LogP contribution >= 0.6 is 23.4 Å². The smallest absolute Gasteiger partial charge is 0.101 e. The summed E-state index contributed by atoms with van der Waals surface area (Å²) in [4.78, 5) is 2.07. The normalized spacial score (nSPS) is 9.73. The van der Waals surface area contributed by atoms with E-state index in [2.05, 4.69) is 17.2 Å². The van der Waals surface area contributed by atoms with Crippen LogP contribution in [0.1, 0.15) is 5.56 Å². The first-order valence-electron chi connectivity index (χ1n) is 4.58. The van der Waals surface area contributed by atoms with E-state index in [0.717, 1.165) is 18.0 Å². The van der Waals surface area contributed by atoms with Gasteiger partial charge in [0.25, 0.3) is 0 Å². The van der Waals surface area contributed by atoms with Gasteiger partial charge in [-0.25, -0.2) is 0 Å². The number of nitrogens with zero attached hydrogens (tertiary/aromatic N) is 2. The van der Waals surface area contributed by atoms with E-state index < -0.39 is 0 Å². The maximum atomic E-state index is 8.98. The molecule has 0 amide bonds. The Bertz CT molecular complexity index is 373. The molecule has 0 bridgehead atoms. The molecule has 2 nitrogen and oxygen atoms in total. The second-order valence-electron chi connectivity index (χ2n) is 3.19. The largest absolute Gasteiger partial charge is 0.373 e. The molecule has 4 heteroatoms. The molecule has 0 radical (unpaired) electrons. The quantitative estimate of drug-likeness (QED) is 0.810. The zero-order chi connectivity index (χ0) is 11.3. The Labute approximate surface area is 99.8 Å². The number of hydrogen-bond acceptors (Lipinski definition) is 3. The Morgan fingerprint density at radius 3 is 2.87 bits per heavy atom. The lowest BCUT2D eigenvalue weighted by Gasteiger charge is -2.19. The van der Waals surface area contributed by atoms with Crippen molar-refractivity contribution >= 4 is 29.1 Å². The molecule has 0 unspecified atom stereocenters. The van der Waals surface area contributed by atoms with Crippen LogP contribution in [0.3, 0.4) is 0 Å². The fourth-order valence-corrected chi connectivity index (χ4v) is 1.91. The Morgan fingerprint density at radius 1 is 1.53 bits per heavy atom. The van der Waals surface area contributed by atoms with Gasteiger partial charge in [0.05, 0.1) is 11.3 Å². The summed E-state index contributed by atoms with van der Waals surface area (Å²) in [7, 11) is 1.99. The lowest BCUT2D eigenvalue weighted by Crippen LogP contribution is -2.21. The molecule has 1 aromatic carbocycles. The molecule has 0 N–H and O–H groups in total. The van der Waals surface area contributed by atoms with Gasteiger partial charge in [-0.2, -0.15) is 17.0 Å². The minimum atomic E-state index is 0.605. The molecule has 0 saturated carbocycles. The van der Waals surface area contributed by atoms with Gasteiger partial charge in [0.15, 0.2) is 0 Å². The highest BCUT2D eigenvalue weighted by molar-refractivity contribution is 7.98. The van der Waals surface area contributed by atoms with Crippen molar-refractivity contribution in [2.45, 2.75) is 0 Å². The van der Waals surface area contributed by atoms with Gasteiger partial charge in [0, 0.05) is 24.4 Å². The van der Waals surface area contributed by atoms with Gasteiger partial charge in [-0.05, 0) is 24.5 Å². The molecule has 0 aliphatic heterocycles. The molecule has 0 aromatic heterocycles. The van der Waals surface area contributed by atoms with E-state index in [1.165, 1.54) is 0 Å². The lowest BCUT2D eigenvalue weighted by atomic mass is 10.2. The maximum absolute atomic E-state index is 8.98. The van der Waals surface area contributed by atoms with Crippen LogP contribution in [0.15, 0.2) is 18.2 Å². The van der Waals surface area contributed by atoms with Crippen LogP contribution in [0.4, 0.5) is 5.69 Å². The van der Waals surface area contributed by atoms with E-state index in [1.54, 1.807) is 17.8 Å². The zero-order valence-electron chi connectivity index (χ0n) is 8.83. The Hall–Kier alpha value is -0.850. The number of hydrogen-bond donors (Lipinski definition) is 0. The predicted octanol–water partition coefficient (Wildman–Crippen LogP) is 3.01. The molecule has 0 spiro atoms. The van der Waals surface area contributed by atoms with Crippen molar-refractivity contribution in [1.29, 1.82) is 5.26 Å². The van der Waals surface area contributed by atoms with E-state index in [-0.39, 0.29) is 0 Å². The Morgan fingerprint density at radius 2 is 2.27 bits per heavy atom. The summed E-state index contributed by atoms with van der Waals surface area (Å²) >= 11 is 7.62. The van der Waals surface area contributed by atoms with E-state index in [0.29, 0.717) is 10.6 Å². The van der Waals surface area contributed by atoms with E-state index >= 15 is 0 Å². The molecular formula is C11H13ClN2S. The second kappa shape index (κ2) is 5.89. The van der Waals surface area contributed by atoms with Crippen molar-refractivity contribution in [1.82, 2.24) is 0 Å². The SMILES string of the molecule is CSCCN(C)c1ccc(Cl)cc1C#N. The summed E-state index contributed by atoms with van der Waals surface area (Å²) in [6, 6.07) is 7.56. The molecule has 0 fully saturated rings. The average Bonchev–Trinajstić information content (AvgIpc) is 2.25. The van der Waals surface area contributed by atoms with E-state index in [4.69, 9.17) is 16.9 Å². The molecule has 0 atom stereocenters. The van der Waals surface area contributed by atoms with Crippen LogP contribution in [0.2, 0.25) is 5.02 Å². The number of thioether (sulfide) groups is 1. The molecule has 0 aliphatic carbocycles. The minimum absolute atomic E-state index is 0.605. The molecular weight excluding hydrogens is 228 g/mol. The highest BCUT2D eigenvalue weighted by Crippen LogP contribution is 2.22. The Balaban J connectivity index is 2.89. The monoisotopic (exact) mass is 240 g/mol. The first-order chi connectivity index (χ1) is 7.19. The van der Waals surface area contributed by atoms with Crippen molar-refractivity contribution in [3.8, 4) is 6.07 Å². The molecule has 1 aromatic rings. The fraction of sp³-hybridized carbons (Fsp3) is 0.364. The van der Waals surface area contributed by atoms with E-state index in [1.807, 2.05) is 19.2 Å². The predicted molar refractivity (Wildman–Crippen MR) is 67.8 cm³/mol. The van der Waals surface area contributed by atoms with Crippen LogP contribution < -0.4 is 4.90 Å². The van der Waals surface area contributed by atoms with Gasteiger partial charge in [-0.15, -0.1) is 0 Å². The van der Waals surface area contributed by atoms with Crippen molar-refractivity contribution < 1.29 is 0 Å². The lowest BCUT2D eigenvalue weighted by molar-refractivity contribution is 0.975. The maximum Gasteiger partial charge on any atom is 0.101 e. The highest BCUT2D eigenvalue weighted by atomic mass is 35.5. The highest BCUT2D eigenvalue weighted by Gasteiger charge is 2.07. The number of nitriles is 1. The zero-order valence-corrected chi connectivity index (χ0v) is 10.4. The molecule has 80 valence electrons. The molecule has 0 heterocycles. The molecule has 0 aliphatic rings. The van der Waals surface area contributed by atoms with Crippen LogP contribution in [0, 0.1) is 11.3 Å². The van der Waals surface area contributed by atoms with Crippen LogP contribution in [0.5, 0.6) is 0 Å². The standard InChI is InChI=1S/C11H13ClN2S/c1-14(5-6-15-2)11-4-3-10(12)7-9(11)8-13/h3-4,7H,5-6H2,1-2H3. The first-order valence-corrected chi connectivity index (χ1v) is 6.36. The van der Waals surface area contributed by atoms with Gasteiger partial charge < -0.3 is 4.90 Å².